The molecule has 0 saturated heterocycles. The Morgan fingerprint density at radius 2 is 1.00 bits per heavy atom. The average molecular weight is 845 g/mol. The van der Waals surface area contributed by atoms with Gasteiger partial charge in [-0.05, 0) is 44.2 Å². The number of rotatable bonds is 4. The van der Waals surface area contributed by atoms with E-state index in [0.717, 1.165) is 0 Å². The van der Waals surface area contributed by atoms with Gasteiger partial charge in [-0.1, -0.05) is 153 Å². The van der Waals surface area contributed by atoms with E-state index in [1.54, 1.807) is 3.21 Å². The van der Waals surface area contributed by atoms with Crippen molar-refractivity contribution in [2.24, 2.45) is 11.3 Å². The number of hydrogen-bond acceptors (Lipinski definition) is 0. The molecule has 0 N–H and O–H groups in total. The van der Waals surface area contributed by atoms with Gasteiger partial charge >= 0.3 is 76.7 Å². The van der Waals surface area contributed by atoms with Gasteiger partial charge in [0.15, 0.2) is 0 Å². The Kier molecular flexibility index (Phi) is 16.2. The van der Waals surface area contributed by atoms with Gasteiger partial charge in [-0.15, -0.1) is 39.7 Å². The van der Waals surface area contributed by atoms with Crippen LogP contribution in [0.15, 0.2) is 139 Å². The summed E-state index contributed by atoms with van der Waals surface area (Å²) >= 11 is 1.54. The van der Waals surface area contributed by atoms with Gasteiger partial charge < -0.3 is 24.8 Å². The molecule has 0 saturated carbocycles. The topological polar surface area (TPSA) is 0 Å². The molecule has 0 heterocycles. The van der Waals surface area contributed by atoms with Crippen LogP contribution in [0.5, 0.6) is 0 Å². The first-order chi connectivity index (χ1) is 25.0. The van der Waals surface area contributed by atoms with Crippen LogP contribution in [0.25, 0.3) is 43.8 Å². The minimum absolute atomic E-state index is 0. The van der Waals surface area contributed by atoms with Gasteiger partial charge in [-0.3, -0.25) is 6.08 Å². The molecular weight excluding hydrogens is 787 g/mol. The van der Waals surface area contributed by atoms with Gasteiger partial charge in [0.1, 0.15) is 0 Å². The van der Waals surface area contributed by atoms with Crippen molar-refractivity contribution in [3.8, 4) is 22.3 Å². The van der Waals surface area contributed by atoms with Crippen molar-refractivity contribution in [1.29, 1.82) is 0 Å². The van der Waals surface area contributed by atoms with Crippen molar-refractivity contribution < 1.29 is 49.0 Å². The molecule has 286 valence electrons. The molecule has 6 aromatic carbocycles. The predicted molar refractivity (Wildman–Crippen MR) is 231 cm³/mol. The zero-order valence-corrected chi connectivity index (χ0v) is 38.7. The second-order valence-corrected chi connectivity index (χ2v) is 19.0. The quantitative estimate of drug-likeness (QED) is 0.156. The van der Waals surface area contributed by atoms with Crippen LogP contribution in [-0.4, -0.2) is 3.21 Å². The van der Waals surface area contributed by atoms with Crippen LogP contribution in [-0.2, 0) is 35.1 Å². The molecule has 0 bridgehead atoms. The van der Waals surface area contributed by atoms with E-state index in [9.17, 15) is 0 Å². The van der Waals surface area contributed by atoms with Gasteiger partial charge in [0.2, 0.25) is 0 Å². The molecular formula is C52H58Cl2Zr-2. The fraction of sp³-hybridized carbons (Fsp3) is 0.308. The van der Waals surface area contributed by atoms with Crippen molar-refractivity contribution in [3.05, 3.63) is 162 Å². The molecule has 0 fully saturated rings. The molecule has 0 nitrogen and oxygen atoms in total. The molecule has 0 radical (unpaired) electrons. The molecule has 55 heavy (non-hydrogen) atoms. The number of benzene rings is 5. The fourth-order valence-corrected chi connectivity index (χ4v) is 7.37. The van der Waals surface area contributed by atoms with Crippen molar-refractivity contribution in [1.82, 2.24) is 0 Å². The zero-order chi connectivity index (χ0) is 38.6. The Hall–Kier alpha value is -3.22. The van der Waals surface area contributed by atoms with E-state index in [4.69, 9.17) is 0 Å². The van der Waals surface area contributed by atoms with E-state index in [1.165, 1.54) is 96.7 Å². The summed E-state index contributed by atoms with van der Waals surface area (Å²) in [6.07, 6.45) is 8.83. The van der Waals surface area contributed by atoms with Gasteiger partial charge in [0.25, 0.3) is 0 Å². The van der Waals surface area contributed by atoms with E-state index < -0.39 is 0 Å². The smallest absolute Gasteiger partial charge is 1.00 e. The maximum Gasteiger partial charge on any atom is -1.00 e. The molecule has 6 aromatic rings. The normalized spacial score (nSPS) is 13.8. The van der Waals surface area contributed by atoms with Gasteiger partial charge in [-0.25, -0.2) is 6.08 Å². The Morgan fingerprint density at radius 1 is 0.600 bits per heavy atom. The van der Waals surface area contributed by atoms with Crippen LogP contribution < -0.4 is 24.8 Å². The maximum atomic E-state index is 3.26. The van der Waals surface area contributed by atoms with Crippen molar-refractivity contribution in [2.45, 2.75) is 93.4 Å². The Labute approximate surface area is 360 Å². The van der Waals surface area contributed by atoms with Crippen LogP contribution in [0.2, 0.25) is 0 Å². The van der Waals surface area contributed by atoms with E-state index in [-0.39, 0.29) is 35.6 Å². The van der Waals surface area contributed by atoms with E-state index in [0.29, 0.717) is 11.3 Å². The van der Waals surface area contributed by atoms with Crippen LogP contribution >= 0.6 is 0 Å². The molecule has 1 atom stereocenters. The van der Waals surface area contributed by atoms with Crippen LogP contribution in [0.1, 0.15) is 99.3 Å². The second kappa shape index (κ2) is 19.3. The fourth-order valence-electron chi connectivity index (χ4n) is 6.96. The van der Waals surface area contributed by atoms with Crippen LogP contribution in [0, 0.1) is 17.4 Å². The van der Waals surface area contributed by atoms with Crippen molar-refractivity contribution in [2.75, 3.05) is 0 Å². The molecule has 7 rings (SSSR count). The molecule has 0 aliphatic heterocycles. The molecule has 0 aromatic heterocycles. The standard InChI is InChI=1S/C33H33.C10H15.C9H10.2ClH.Zr/c1-32(2,3)30-20-26-24(18-28(30)22-13-9-7-10-14-22)17-25-19-29(23-15-11-8-12-16-23)31(21-27(25)26)33(4,5)6;1-8-5-6-9(7-8)10(2,3)4;1-2-6-9-7-4-3-5-8-9;;;/h7-21H,1-6H3;6-8H,1-4H3;3-5,7-8H,2H2,1H3;2*1H;/q2*-1;;;;+2/p-2. The van der Waals surface area contributed by atoms with Crippen molar-refractivity contribution >= 4 is 24.8 Å². The molecule has 1 unspecified atom stereocenters. The summed E-state index contributed by atoms with van der Waals surface area (Å²) in [5.74, 6) is 0.522. The first-order valence-corrected chi connectivity index (χ1v) is 20.5. The molecule has 0 amide bonds. The van der Waals surface area contributed by atoms with E-state index in [1.807, 2.05) is 0 Å². The first-order valence-electron chi connectivity index (χ1n) is 19.2. The van der Waals surface area contributed by atoms with Crippen LogP contribution in [0.3, 0.4) is 0 Å². The largest absolute Gasteiger partial charge is 1.00 e. The second-order valence-electron chi connectivity index (χ2n) is 17.5. The first kappa shape index (κ1) is 46.2. The summed E-state index contributed by atoms with van der Waals surface area (Å²) in [7, 11) is 0. The SMILES string of the molecule is CC(C)(C)c1cc2c(cc1-c1ccccc1)[cH-]c1cc(-c3ccccc3)c(C(C)(C)C)cc12.CC1[C-]=CC(C(C)(C)C)=C1.CC[C](=[Zr+2])c1ccccc1.[Cl-].[Cl-]. The number of fused-ring (bicyclic) bond motifs is 3. The van der Waals surface area contributed by atoms with Crippen LogP contribution in [0.4, 0.5) is 0 Å². The summed E-state index contributed by atoms with van der Waals surface area (Å²) in [5.41, 5.74) is 11.3. The minimum Gasteiger partial charge on any atom is -1.00 e. The number of hydrogen-bond donors (Lipinski definition) is 0. The predicted octanol–water partition coefficient (Wildman–Crippen LogP) is 8.78. The average Bonchev–Trinajstić information content (AvgIpc) is 3.74. The van der Waals surface area contributed by atoms with Gasteiger partial charge in [0, 0.05) is 0 Å². The summed E-state index contributed by atoms with van der Waals surface area (Å²) in [4.78, 5) is 0. The summed E-state index contributed by atoms with van der Waals surface area (Å²) in [5, 5.41) is 5.36. The van der Waals surface area contributed by atoms with Crippen molar-refractivity contribution in [3.63, 3.8) is 0 Å². The van der Waals surface area contributed by atoms with E-state index in [2.05, 4.69) is 216 Å². The molecule has 1 aliphatic rings. The Bertz CT molecular complexity index is 2110. The van der Waals surface area contributed by atoms with Gasteiger partial charge in [-0.2, -0.15) is 11.6 Å². The Balaban J connectivity index is 0.000000303. The third-order valence-corrected chi connectivity index (χ3v) is 11.6. The van der Waals surface area contributed by atoms with Gasteiger partial charge in [0.05, 0.1) is 0 Å². The Morgan fingerprint density at radius 3 is 1.31 bits per heavy atom. The maximum absolute atomic E-state index is 3.26. The zero-order valence-electron chi connectivity index (χ0n) is 34.7. The molecule has 1 aliphatic carbocycles. The monoisotopic (exact) mass is 842 g/mol. The third-order valence-electron chi connectivity index (χ3n) is 10.0. The summed E-state index contributed by atoms with van der Waals surface area (Å²) in [6, 6.07) is 44.3. The summed E-state index contributed by atoms with van der Waals surface area (Å²) < 4.78 is 1.55. The number of halogens is 2. The molecule has 3 heteroatoms. The van der Waals surface area contributed by atoms with E-state index >= 15 is 0 Å². The summed E-state index contributed by atoms with van der Waals surface area (Å²) in [6.45, 7) is 25.0. The molecule has 0 spiro atoms. The number of allylic oxidation sites excluding steroid dienone is 4. The minimum atomic E-state index is 0. The third kappa shape index (κ3) is 11.7.